The van der Waals surface area contributed by atoms with Crippen LogP contribution in [0.25, 0.3) is 0 Å². The van der Waals surface area contributed by atoms with Gasteiger partial charge in [0.15, 0.2) is 6.29 Å². The molecule has 0 spiro atoms. The average Bonchev–Trinajstić information content (AvgIpc) is 2.88. The van der Waals surface area contributed by atoms with Crippen LogP contribution >= 0.6 is 0 Å². The normalized spacial score (nSPS) is 32.4. The lowest BCUT2D eigenvalue weighted by Crippen LogP contribution is -2.28. The summed E-state index contributed by atoms with van der Waals surface area (Å²) < 4.78 is 11.1. The van der Waals surface area contributed by atoms with Crippen molar-refractivity contribution < 1.29 is 9.47 Å². The molecule has 1 aliphatic carbocycles. The third kappa shape index (κ3) is 1.63. The second kappa shape index (κ2) is 3.08. The Bertz CT molecular complexity index is 194. The molecule has 2 aliphatic rings. The Hall–Kier alpha value is -0.520. The number of terminal acetylenes is 1. The monoisotopic (exact) mass is 166 g/mol. The lowest BCUT2D eigenvalue weighted by Gasteiger charge is -2.25. The van der Waals surface area contributed by atoms with Crippen molar-refractivity contribution in [3.8, 4) is 12.3 Å². The van der Waals surface area contributed by atoms with Gasteiger partial charge in [0, 0.05) is 6.61 Å². The van der Waals surface area contributed by atoms with E-state index in [0.29, 0.717) is 0 Å². The highest BCUT2D eigenvalue weighted by atomic mass is 16.7. The van der Waals surface area contributed by atoms with Gasteiger partial charge in [-0.1, -0.05) is 5.92 Å². The zero-order chi connectivity index (χ0) is 8.44. The summed E-state index contributed by atoms with van der Waals surface area (Å²) in [6, 6.07) is 0. The van der Waals surface area contributed by atoms with Crippen LogP contribution in [0.5, 0.6) is 0 Å². The molecule has 1 aliphatic heterocycles. The van der Waals surface area contributed by atoms with Gasteiger partial charge in [-0.15, -0.1) is 6.42 Å². The minimum atomic E-state index is -0.248. The summed E-state index contributed by atoms with van der Waals surface area (Å²) in [4.78, 5) is 0. The van der Waals surface area contributed by atoms with Gasteiger partial charge < -0.3 is 9.47 Å². The molecule has 0 aromatic heterocycles. The predicted octanol–water partition coefficient (Wildman–Crippen LogP) is 1.70. The lowest BCUT2D eigenvalue weighted by molar-refractivity contribution is -0.183. The van der Waals surface area contributed by atoms with Gasteiger partial charge in [0.25, 0.3) is 0 Å². The maximum absolute atomic E-state index is 5.68. The molecule has 1 unspecified atom stereocenters. The molecule has 2 nitrogen and oxygen atoms in total. The van der Waals surface area contributed by atoms with Gasteiger partial charge in [0.2, 0.25) is 0 Å². The summed E-state index contributed by atoms with van der Waals surface area (Å²) in [5.74, 6) is 2.70. The number of rotatable bonds is 2. The maximum Gasteiger partial charge on any atom is 0.159 e. The van der Waals surface area contributed by atoms with E-state index in [9.17, 15) is 0 Å². The zero-order valence-electron chi connectivity index (χ0n) is 7.21. The third-order valence-corrected chi connectivity index (χ3v) is 2.46. The first-order chi connectivity index (χ1) is 5.85. The summed E-state index contributed by atoms with van der Waals surface area (Å²) in [7, 11) is 0. The van der Waals surface area contributed by atoms with Gasteiger partial charge in [-0.05, 0) is 32.1 Å². The smallest absolute Gasteiger partial charge is 0.159 e. The van der Waals surface area contributed by atoms with E-state index in [1.54, 1.807) is 0 Å². The Labute approximate surface area is 73.2 Å². The van der Waals surface area contributed by atoms with Gasteiger partial charge in [0.1, 0.15) is 5.60 Å². The van der Waals surface area contributed by atoms with Crippen molar-refractivity contribution in [1.82, 2.24) is 0 Å². The highest BCUT2D eigenvalue weighted by Crippen LogP contribution is 2.40. The topological polar surface area (TPSA) is 18.5 Å². The second-order valence-electron chi connectivity index (χ2n) is 3.55. The molecular weight excluding hydrogens is 152 g/mol. The SMILES string of the molecule is C#CC1(OC2CCCCO2)CC1. The summed E-state index contributed by atoms with van der Waals surface area (Å²) in [5.41, 5.74) is -0.248. The van der Waals surface area contributed by atoms with E-state index in [4.69, 9.17) is 15.9 Å². The fourth-order valence-electron chi connectivity index (χ4n) is 1.47. The van der Waals surface area contributed by atoms with Crippen molar-refractivity contribution >= 4 is 0 Å². The van der Waals surface area contributed by atoms with Crippen molar-refractivity contribution in [2.24, 2.45) is 0 Å². The summed E-state index contributed by atoms with van der Waals surface area (Å²) in [6.45, 7) is 0.825. The van der Waals surface area contributed by atoms with E-state index >= 15 is 0 Å². The van der Waals surface area contributed by atoms with Gasteiger partial charge in [-0.2, -0.15) is 0 Å². The van der Waals surface area contributed by atoms with E-state index in [1.165, 1.54) is 6.42 Å². The lowest BCUT2D eigenvalue weighted by atomic mass is 10.2. The molecule has 1 saturated heterocycles. The predicted molar refractivity (Wildman–Crippen MR) is 45.5 cm³/mol. The summed E-state index contributed by atoms with van der Waals surface area (Å²) >= 11 is 0. The van der Waals surface area contributed by atoms with Crippen molar-refractivity contribution in [3.05, 3.63) is 0 Å². The van der Waals surface area contributed by atoms with Gasteiger partial charge in [-0.3, -0.25) is 0 Å². The molecule has 0 amide bonds. The molecule has 0 aromatic rings. The van der Waals surface area contributed by atoms with E-state index in [1.807, 2.05) is 0 Å². The number of hydrogen-bond acceptors (Lipinski definition) is 2. The Morgan fingerprint density at radius 3 is 2.75 bits per heavy atom. The molecule has 1 heterocycles. The van der Waals surface area contributed by atoms with Gasteiger partial charge in [-0.25, -0.2) is 0 Å². The third-order valence-electron chi connectivity index (χ3n) is 2.46. The molecule has 1 saturated carbocycles. The molecule has 66 valence electrons. The van der Waals surface area contributed by atoms with Crippen molar-refractivity contribution in [1.29, 1.82) is 0 Å². The first-order valence-electron chi connectivity index (χ1n) is 4.62. The molecule has 0 bridgehead atoms. The van der Waals surface area contributed by atoms with Crippen LogP contribution in [0.1, 0.15) is 32.1 Å². The number of ether oxygens (including phenoxy) is 2. The van der Waals surface area contributed by atoms with Crippen LogP contribution in [-0.2, 0) is 9.47 Å². The molecule has 0 aromatic carbocycles. The molecule has 2 fully saturated rings. The highest BCUT2D eigenvalue weighted by Gasteiger charge is 2.44. The summed E-state index contributed by atoms with van der Waals surface area (Å²) in [6.07, 6.45) is 10.7. The van der Waals surface area contributed by atoms with Crippen LogP contribution < -0.4 is 0 Å². The van der Waals surface area contributed by atoms with Crippen LogP contribution in [-0.4, -0.2) is 18.5 Å². The van der Waals surface area contributed by atoms with Crippen molar-refractivity contribution in [2.75, 3.05) is 6.61 Å². The van der Waals surface area contributed by atoms with Crippen molar-refractivity contribution in [3.63, 3.8) is 0 Å². The van der Waals surface area contributed by atoms with E-state index < -0.39 is 0 Å². The van der Waals surface area contributed by atoms with E-state index in [-0.39, 0.29) is 11.9 Å². The highest BCUT2D eigenvalue weighted by molar-refractivity contribution is 5.18. The minimum Gasteiger partial charge on any atom is -0.353 e. The first kappa shape index (κ1) is 8.10. The van der Waals surface area contributed by atoms with E-state index in [2.05, 4.69) is 5.92 Å². The zero-order valence-corrected chi connectivity index (χ0v) is 7.21. The maximum atomic E-state index is 5.68. The largest absolute Gasteiger partial charge is 0.353 e. The molecule has 1 atom stereocenters. The Morgan fingerprint density at radius 1 is 1.42 bits per heavy atom. The van der Waals surface area contributed by atoms with Crippen LogP contribution in [0.4, 0.5) is 0 Å². The molecule has 2 rings (SSSR count). The van der Waals surface area contributed by atoms with Crippen LogP contribution in [0.15, 0.2) is 0 Å². The Kier molecular flexibility index (Phi) is 2.08. The van der Waals surface area contributed by atoms with Gasteiger partial charge in [0.05, 0.1) is 0 Å². The standard InChI is InChI=1S/C10H14O2/c1-2-10(6-7-10)12-9-5-3-4-8-11-9/h1,9H,3-8H2. The van der Waals surface area contributed by atoms with Crippen molar-refractivity contribution in [2.45, 2.75) is 44.0 Å². The quantitative estimate of drug-likeness (QED) is 0.581. The van der Waals surface area contributed by atoms with Crippen LogP contribution in [0, 0.1) is 12.3 Å². The Balaban J connectivity index is 1.82. The van der Waals surface area contributed by atoms with Crippen LogP contribution in [0.3, 0.4) is 0 Å². The molecule has 0 radical (unpaired) electrons. The average molecular weight is 166 g/mol. The first-order valence-corrected chi connectivity index (χ1v) is 4.62. The molecular formula is C10H14O2. The molecule has 2 heteroatoms. The van der Waals surface area contributed by atoms with E-state index in [0.717, 1.165) is 32.3 Å². The van der Waals surface area contributed by atoms with Gasteiger partial charge >= 0.3 is 0 Å². The second-order valence-corrected chi connectivity index (χ2v) is 3.55. The van der Waals surface area contributed by atoms with Crippen LogP contribution in [0.2, 0.25) is 0 Å². The number of hydrogen-bond donors (Lipinski definition) is 0. The minimum absolute atomic E-state index is 0.0303. The fraction of sp³-hybridized carbons (Fsp3) is 0.800. The summed E-state index contributed by atoms with van der Waals surface area (Å²) in [5, 5.41) is 0. The molecule has 0 N–H and O–H groups in total. The Morgan fingerprint density at radius 2 is 2.25 bits per heavy atom. The fourth-order valence-corrected chi connectivity index (χ4v) is 1.47. The molecule has 12 heavy (non-hydrogen) atoms.